The normalized spacial score (nSPS) is 15.4. The number of benzene rings is 3. The number of methoxy groups -OCH3 is 1. The van der Waals surface area contributed by atoms with Gasteiger partial charge in [0.2, 0.25) is 0 Å². The number of nitrogens with one attached hydrogen (secondary N) is 1. The molecule has 0 fully saturated rings. The van der Waals surface area contributed by atoms with E-state index in [1.165, 1.54) is 5.56 Å². The molecule has 1 atom stereocenters. The maximum atomic E-state index is 13.3. The first-order valence-corrected chi connectivity index (χ1v) is 10.7. The minimum Gasteiger partial charge on any atom is -0.497 e. The second-order valence-electron chi connectivity index (χ2n) is 7.76. The molecule has 1 aromatic heterocycles. The van der Waals surface area contributed by atoms with E-state index in [-0.39, 0.29) is 6.04 Å². The number of hydrogen-bond donors (Lipinski definition) is 1. The summed E-state index contributed by atoms with van der Waals surface area (Å²) in [6.45, 7) is 0.512. The second-order valence-corrected chi connectivity index (χ2v) is 8.20. The van der Waals surface area contributed by atoms with Gasteiger partial charge in [0.1, 0.15) is 25.4 Å². The highest BCUT2D eigenvalue weighted by Gasteiger charge is 2.35. The minimum absolute atomic E-state index is 0.335. The summed E-state index contributed by atoms with van der Waals surface area (Å²) in [7, 11) is 7.67. The van der Waals surface area contributed by atoms with E-state index < -0.39 is 6.09 Å². The SMILES string of the molecule is [B]c1ccc2[nH]c3c(c2c1)CCN(C(=O)Oc1ccc(Cl)cc1)C3c1ccc(OC)cc1. The zero-order valence-corrected chi connectivity index (χ0v) is 18.2. The van der Waals surface area contributed by atoms with Crippen LogP contribution >= 0.6 is 11.6 Å². The third-order valence-corrected chi connectivity index (χ3v) is 6.09. The van der Waals surface area contributed by atoms with Gasteiger partial charge in [-0.05, 0) is 60.0 Å². The number of nitrogens with zero attached hydrogens (tertiary/aromatic N) is 1. The lowest BCUT2D eigenvalue weighted by molar-refractivity contribution is 0.135. The number of amides is 1. The Balaban J connectivity index is 1.57. The van der Waals surface area contributed by atoms with Gasteiger partial charge in [0.15, 0.2) is 0 Å². The molecule has 2 heterocycles. The molecule has 2 radical (unpaired) electrons. The molecule has 32 heavy (non-hydrogen) atoms. The highest BCUT2D eigenvalue weighted by molar-refractivity contribution is 6.33. The Hall–Kier alpha value is -3.38. The van der Waals surface area contributed by atoms with Crippen molar-refractivity contribution in [1.82, 2.24) is 9.88 Å². The van der Waals surface area contributed by atoms with Gasteiger partial charge in [-0.15, -0.1) is 0 Å². The molecule has 158 valence electrons. The van der Waals surface area contributed by atoms with Gasteiger partial charge in [-0.25, -0.2) is 4.79 Å². The molecule has 0 aliphatic carbocycles. The molecule has 1 unspecified atom stereocenters. The van der Waals surface area contributed by atoms with Gasteiger partial charge < -0.3 is 14.5 Å². The lowest BCUT2D eigenvalue weighted by Gasteiger charge is -2.35. The molecular formula is C25H20BClN2O3. The van der Waals surface area contributed by atoms with Gasteiger partial charge in [0, 0.05) is 28.2 Å². The van der Waals surface area contributed by atoms with Gasteiger partial charge in [0.25, 0.3) is 0 Å². The number of hydrogen-bond acceptors (Lipinski definition) is 3. The van der Waals surface area contributed by atoms with E-state index in [2.05, 4.69) is 4.98 Å². The molecule has 0 spiro atoms. The summed E-state index contributed by atoms with van der Waals surface area (Å²) in [5.74, 6) is 1.20. The smallest absolute Gasteiger partial charge is 0.416 e. The fourth-order valence-electron chi connectivity index (χ4n) is 4.30. The van der Waals surface area contributed by atoms with E-state index in [4.69, 9.17) is 28.9 Å². The maximum absolute atomic E-state index is 13.3. The van der Waals surface area contributed by atoms with Crippen LogP contribution < -0.4 is 14.9 Å². The van der Waals surface area contributed by atoms with Gasteiger partial charge >= 0.3 is 6.09 Å². The van der Waals surface area contributed by atoms with Crippen molar-refractivity contribution in [3.05, 3.63) is 88.6 Å². The molecule has 0 saturated carbocycles. The summed E-state index contributed by atoms with van der Waals surface area (Å²) < 4.78 is 11.0. The fourth-order valence-corrected chi connectivity index (χ4v) is 4.42. The molecule has 5 nitrogen and oxygen atoms in total. The van der Waals surface area contributed by atoms with Crippen LogP contribution in [0.3, 0.4) is 0 Å². The maximum Gasteiger partial charge on any atom is 0.416 e. The van der Waals surface area contributed by atoms with E-state index in [0.717, 1.165) is 27.9 Å². The van der Waals surface area contributed by atoms with Crippen molar-refractivity contribution < 1.29 is 14.3 Å². The number of aromatic amines is 1. The van der Waals surface area contributed by atoms with Crippen LogP contribution in [0.4, 0.5) is 4.79 Å². The molecule has 1 amide bonds. The van der Waals surface area contributed by atoms with E-state index in [9.17, 15) is 4.79 Å². The molecule has 4 aromatic rings. The van der Waals surface area contributed by atoms with E-state index in [1.807, 2.05) is 42.5 Å². The minimum atomic E-state index is -0.419. The number of fused-ring (bicyclic) bond motifs is 3. The first-order chi connectivity index (χ1) is 15.5. The number of carbonyl (C=O) groups excluding carboxylic acids is 1. The third-order valence-electron chi connectivity index (χ3n) is 5.84. The van der Waals surface area contributed by atoms with E-state index in [1.54, 1.807) is 36.3 Å². The number of rotatable bonds is 3. The average Bonchev–Trinajstić information content (AvgIpc) is 3.18. The average molecular weight is 443 g/mol. The molecule has 1 aliphatic heterocycles. The first-order valence-electron chi connectivity index (χ1n) is 10.3. The molecule has 0 saturated heterocycles. The molecule has 1 aliphatic rings. The second kappa shape index (κ2) is 8.28. The summed E-state index contributed by atoms with van der Waals surface area (Å²) in [6.07, 6.45) is 0.276. The Morgan fingerprint density at radius 1 is 1.06 bits per heavy atom. The molecule has 0 bridgehead atoms. The molecule has 5 rings (SSSR count). The summed E-state index contributed by atoms with van der Waals surface area (Å²) in [5.41, 5.74) is 4.80. The van der Waals surface area contributed by atoms with Gasteiger partial charge in [-0.3, -0.25) is 4.90 Å². The van der Waals surface area contributed by atoms with Crippen LogP contribution in [0.5, 0.6) is 11.5 Å². The largest absolute Gasteiger partial charge is 0.497 e. The van der Waals surface area contributed by atoms with Crippen LogP contribution in [0.2, 0.25) is 5.02 Å². The first kappa shape index (κ1) is 20.5. The number of carbonyl (C=O) groups is 1. The number of halogens is 1. The van der Waals surface area contributed by atoms with Gasteiger partial charge in [0.05, 0.1) is 7.11 Å². The van der Waals surface area contributed by atoms with Crippen molar-refractivity contribution in [3.8, 4) is 11.5 Å². The monoisotopic (exact) mass is 442 g/mol. The zero-order chi connectivity index (χ0) is 22.2. The van der Waals surface area contributed by atoms with Crippen molar-refractivity contribution in [1.29, 1.82) is 0 Å². The topological polar surface area (TPSA) is 54.6 Å². The van der Waals surface area contributed by atoms with Gasteiger partial charge in [-0.1, -0.05) is 41.3 Å². The van der Waals surface area contributed by atoms with Crippen LogP contribution in [-0.4, -0.2) is 37.5 Å². The van der Waals surface area contributed by atoms with Crippen molar-refractivity contribution in [3.63, 3.8) is 0 Å². The summed E-state index contributed by atoms with van der Waals surface area (Å²) >= 11 is 5.96. The van der Waals surface area contributed by atoms with E-state index >= 15 is 0 Å². The van der Waals surface area contributed by atoms with Crippen LogP contribution in [0, 0.1) is 0 Å². The molecule has 7 heteroatoms. The third kappa shape index (κ3) is 3.71. The highest BCUT2D eigenvalue weighted by Crippen LogP contribution is 2.39. The summed E-state index contributed by atoms with van der Waals surface area (Å²) in [5, 5.41) is 1.67. The van der Waals surface area contributed by atoms with Crippen molar-refractivity contribution in [2.75, 3.05) is 13.7 Å². The van der Waals surface area contributed by atoms with Crippen molar-refractivity contribution in [2.45, 2.75) is 12.5 Å². The van der Waals surface area contributed by atoms with Crippen LogP contribution in [0.1, 0.15) is 22.9 Å². The van der Waals surface area contributed by atoms with E-state index in [0.29, 0.717) is 29.2 Å². The molecule has 3 aromatic carbocycles. The number of aromatic nitrogens is 1. The predicted molar refractivity (Wildman–Crippen MR) is 126 cm³/mol. The summed E-state index contributed by atoms with van der Waals surface area (Å²) in [6, 6.07) is 20.0. The molecular weight excluding hydrogens is 423 g/mol. The van der Waals surface area contributed by atoms with Crippen LogP contribution in [0.25, 0.3) is 10.9 Å². The number of ether oxygens (including phenoxy) is 2. The van der Waals surface area contributed by atoms with Crippen molar-refractivity contribution >= 4 is 41.9 Å². The predicted octanol–water partition coefficient (Wildman–Crippen LogP) is 4.77. The standard InChI is InChI=1S/C25H20BClN2O3/c1-31-18-7-2-15(3-8-18)24-23-20(21-14-16(26)4-11-22(21)28-23)12-13-29(24)25(30)32-19-9-5-17(27)6-10-19/h2-11,14,24,28H,12-13H2,1H3. The Labute approximate surface area is 192 Å². The van der Waals surface area contributed by atoms with Crippen molar-refractivity contribution in [2.24, 2.45) is 0 Å². The van der Waals surface area contributed by atoms with Gasteiger partial charge in [-0.2, -0.15) is 0 Å². The Bertz CT molecular complexity index is 1290. The Kier molecular flexibility index (Phi) is 5.31. The quantitative estimate of drug-likeness (QED) is 0.465. The summed E-state index contributed by atoms with van der Waals surface area (Å²) in [4.78, 5) is 18.5. The highest BCUT2D eigenvalue weighted by atomic mass is 35.5. The van der Waals surface area contributed by atoms with Crippen LogP contribution in [-0.2, 0) is 6.42 Å². The Morgan fingerprint density at radius 3 is 2.50 bits per heavy atom. The lowest BCUT2D eigenvalue weighted by Crippen LogP contribution is -2.42. The lowest BCUT2D eigenvalue weighted by atomic mass is 9.90. The fraction of sp³-hybridized carbons (Fsp3) is 0.160. The van der Waals surface area contributed by atoms with Crippen LogP contribution in [0.15, 0.2) is 66.7 Å². The number of H-pyrrole nitrogens is 1. The zero-order valence-electron chi connectivity index (χ0n) is 17.5. The Morgan fingerprint density at radius 2 is 1.78 bits per heavy atom. The molecule has 1 N–H and O–H groups in total.